The molecule has 5 rings (SSSR count). The van der Waals surface area contributed by atoms with E-state index in [1.54, 1.807) is 0 Å². The fourth-order valence-electron chi connectivity index (χ4n) is 4.40. The Kier molecular flexibility index (Phi) is 4.37. The van der Waals surface area contributed by atoms with Crippen molar-refractivity contribution in [3.05, 3.63) is 52.8 Å². The van der Waals surface area contributed by atoms with E-state index in [2.05, 4.69) is 46.4 Å². The average molecular weight is 364 g/mol. The van der Waals surface area contributed by atoms with Gasteiger partial charge >= 0.3 is 0 Å². The lowest BCUT2D eigenvalue weighted by atomic mass is 9.80. The van der Waals surface area contributed by atoms with E-state index >= 15 is 0 Å². The molecular formula is C22H28N4O. The van der Waals surface area contributed by atoms with E-state index in [1.807, 2.05) is 6.20 Å². The Hall–Kier alpha value is -1.98. The van der Waals surface area contributed by atoms with Gasteiger partial charge in [0.2, 0.25) is 5.95 Å². The van der Waals surface area contributed by atoms with E-state index in [0.717, 1.165) is 56.6 Å². The molecule has 2 aliphatic heterocycles. The highest BCUT2D eigenvalue weighted by atomic mass is 16.5. The highest BCUT2D eigenvalue weighted by Crippen LogP contribution is 2.39. The zero-order valence-electron chi connectivity index (χ0n) is 16.1. The summed E-state index contributed by atoms with van der Waals surface area (Å²) in [6.45, 7) is 7.64. The van der Waals surface area contributed by atoms with Crippen LogP contribution in [-0.4, -0.2) is 41.1 Å². The van der Waals surface area contributed by atoms with E-state index in [4.69, 9.17) is 9.72 Å². The van der Waals surface area contributed by atoms with Crippen molar-refractivity contribution < 1.29 is 4.74 Å². The zero-order chi connectivity index (χ0) is 18.3. The summed E-state index contributed by atoms with van der Waals surface area (Å²) in [6.07, 6.45) is 5.75. The van der Waals surface area contributed by atoms with Crippen LogP contribution >= 0.6 is 0 Å². The van der Waals surface area contributed by atoms with Gasteiger partial charge in [-0.1, -0.05) is 29.8 Å². The molecular weight excluding hydrogens is 336 g/mol. The number of fused-ring (bicyclic) bond motifs is 2. The standard InChI is InChI=1S/C22H28N4O/c1-16-2-4-18(5-3-16)12-26-9-8-22(14-26)15-27-13-19-11-24-21(25-20(19)22)23-10-17-6-7-17/h2-5,11,17H,6-10,12-15H2,1H3,(H,23,24,25). The number of benzene rings is 1. The maximum absolute atomic E-state index is 5.97. The number of likely N-dealkylation sites (tertiary alicyclic amines) is 1. The fourth-order valence-corrected chi connectivity index (χ4v) is 4.40. The minimum atomic E-state index is 0.0111. The molecule has 1 saturated heterocycles. The van der Waals surface area contributed by atoms with Crippen LogP contribution in [0.1, 0.15) is 41.6 Å². The second kappa shape index (κ2) is 6.88. The number of aryl methyl sites for hydroxylation is 1. The van der Waals surface area contributed by atoms with Crippen molar-refractivity contribution in [2.24, 2.45) is 5.92 Å². The minimum absolute atomic E-state index is 0.0111. The number of nitrogens with one attached hydrogen (secondary N) is 1. The van der Waals surface area contributed by atoms with Crippen LogP contribution in [0.25, 0.3) is 0 Å². The summed E-state index contributed by atoms with van der Waals surface area (Å²) in [4.78, 5) is 12.0. The van der Waals surface area contributed by atoms with Crippen LogP contribution in [0.5, 0.6) is 0 Å². The number of nitrogens with zero attached hydrogens (tertiary/aromatic N) is 3. The van der Waals surface area contributed by atoms with Crippen molar-refractivity contribution in [2.45, 2.75) is 44.8 Å². The summed E-state index contributed by atoms with van der Waals surface area (Å²) >= 11 is 0. The molecule has 0 radical (unpaired) electrons. The Morgan fingerprint density at radius 3 is 2.93 bits per heavy atom. The van der Waals surface area contributed by atoms with E-state index in [9.17, 15) is 0 Å². The van der Waals surface area contributed by atoms with E-state index < -0.39 is 0 Å². The number of ether oxygens (including phenoxy) is 1. The van der Waals surface area contributed by atoms with Crippen LogP contribution in [0.4, 0.5) is 5.95 Å². The van der Waals surface area contributed by atoms with Gasteiger partial charge < -0.3 is 10.1 Å². The third-order valence-corrected chi connectivity index (χ3v) is 6.21. The van der Waals surface area contributed by atoms with E-state index in [-0.39, 0.29) is 5.41 Å². The first-order chi connectivity index (χ1) is 13.2. The molecule has 1 spiro atoms. The quantitative estimate of drug-likeness (QED) is 0.882. The molecule has 2 fully saturated rings. The van der Waals surface area contributed by atoms with Crippen molar-refractivity contribution in [1.29, 1.82) is 0 Å². The first kappa shape index (κ1) is 17.1. The first-order valence-corrected chi connectivity index (χ1v) is 10.2. The lowest BCUT2D eigenvalue weighted by Crippen LogP contribution is -2.40. The van der Waals surface area contributed by atoms with E-state index in [1.165, 1.54) is 29.7 Å². The lowest BCUT2D eigenvalue weighted by molar-refractivity contribution is 0.0503. The molecule has 1 aromatic heterocycles. The van der Waals surface area contributed by atoms with E-state index in [0.29, 0.717) is 6.61 Å². The van der Waals surface area contributed by atoms with Crippen molar-refractivity contribution in [2.75, 3.05) is 31.6 Å². The predicted molar refractivity (Wildman–Crippen MR) is 106 cm³/mol. The summed E-state index contributed by atoms with van der Waals surface area (Å²) in [5.74, 6) is 1.61. The van der Waals surface area contributed by atoms with Crippen LogP contribution in [0.2, 0.25) is 0 Å². The van der Waals surface area contributed by atoms with Gasteiger partial charge in [-0.2, -0.15) is 0 Å². The molecule has 1 aromatic carbocycles. The molecule has 5 heteroatoms. The van der Waals surface area contributed by atoms with Gasteiger partial charge in [-0.25, -0.2) is 9.97 Å². The Balaban J connectivity index is 1.34. The fraction of sp³-hybridized carbons (Fsp3) is 0.545. The topological polar surface area (TPSA) is 50.3 Å². The lowest BCUT2D eigenvalue weighted by Gasteiger charge is -2.34. The number of hydrogen-bond acceptors (Lipinski definition) is 5. The molecule has 1 aliphatic carbocycles. The Bertz CT molecular complexity index is 818. The highest BCUT2D eigenvalue weighted by Gasteiger charge is 2.44. The molecule has 1 saturated carbocycles. The summed E-state index contributed by atoms with van der Waals surface area (Å²) in [5, 5.41) is 3.44. The maximum Gasteiger partial charge on any atom is 0.222 e. The summed E-state index contributed by atoms with van der Waals surface area (Å²) in [5.41, 5.74) is 5.08. The van der Waals surface area contributed by atoms with Crippen LogP contribution in [-0.2, 0) is 23.3 Å². The molecule has 0 amide bonds. The number of anilines is 1. The minimum Gasteiger partial charge on any atom is -0.376 e. The molecule has 1 unspecified atom stereocenters. The number of hydrogen-bond donors (Lipinski definition) is 1. The Morgan fingerprint density at radius 1 is 1.26 bits per heavy atom. The molecule has 2 aromatic rings. The number of rotatable bonds is 5. The third kappa shape index (κ3) is 3.58. The monoisotopic (exact) mass is 364 g/mol. The Labute approximate surface area is 161 Å². The van der Waals surface area contributed by atoms with Gasteiger partial charge in [0.25, 0.3) is 0 Å². The van der Waals surface area contributed by atoms with Gasteiger partial charge in [-0.3, -0.25) is 4.90 Å². The van der Waals surface area contributed by atoms with Crippen molar-refractivity contribution in [3.63, 3.8) is 0 Å². The third-order valence-electron chi connectivity index (χ3n) is 6.21. The maximum atomic E-state index is 5.97. The average Bonchev–Trinajstić information content (AvgIpc) is 3.44. The Morgan fingerprint density at radius 2 is 2.11 bits per heavy atom. The highest BCUT2D eigenvalue weighted by molar-refractivity contribution is 5.37. The van der Waals surface area contributed by atoms with Gasteiger partial charge in [0.05, 0.1) is 24.3 Å². The van der Waals surface area contributed by atoms with Gasteiger partial charge in [-0.15, -0.1) is 0 Å². The van der Waals surface area contributed by atoms with Crippen LogP contribution in [0, 0.1) is 12.8 Å². The molecule has 1 atom stereocenters. The SMILES string of the molecule is Cc1ccc(CN2CCC3(COCc4cnc(NCC5CC5)nc43)C2)cc1. The smallest absolute Gasteiger partial charge is 0.222 e. The van der Waals surface area contributed by atoms with Crippen molar-refractivity contribution in [1.82, 2.24) is 14.9 Å². The summed E-state index contributed by atoms with van der Waals surface area (Å²) in [7, 11) is 0. The summed E-state index contributed by atoms with van der Waals surface area (Å²) in [6, 6.07) is 8.89. The largest absolute Gasteiger partial charge is 0.376 e. The first-order valence-electron chi connectivity index (χ1n) is 10.2. The molecule has 5 nitrogen and oxygen atoms in total. The van der Waals surface area contributed by atoms with Crippen LogP contribution < -0.4 is 5.32 Å². The molecule has 142 valence electrons. The molecule has 1 N–H and O–H groups in total. The normalized spacial score (nSPS) is 24.9. The second-order valence-corrected chi connectivity index (χ2v) is 8.61. The summed E-state index contributed by atoms with van der Waals surface area (Å²) < 4.78 is 5.97. The molecule has 0 bridgehead atoms. The van der Waals surface area contributed by atoms with Gasteiger partial charge in [0, 0.05) is 31.4 Å². The van der Waals surface area contributed by atoms with Crippen molar-refractivity contribution >= 4 is 5.95 Å². The van der Waals surface area contributed by atoms with Crippen LogP contribution in [0.3, 0.4) is 0 Å². The van der Waals surface area contributed by atoms with Gasteiger partial charge in [-0.05, 0) is 44.2 Å². The molecule has 3 aliphatic rings. The predicted octanol–water partition coefficient (Wildman–Crippen LogP) is 3.28. The van der Waals surface area contributed by atoms with Crippen molar-refractivity contribution in [3.8, 4) is 0 Å². The molecule has 27 heavy (non-hydrogen) atoms. The van der Waals surface area contributed by atoms with Crippen LogP contribution in [0.15, 0.2) is 30.5 Å². The second-order valence-electron chi connectivity index (χ2n) is 8.61. The van der Waals surface area contributed by atoms with Gasteiger partial charge in [0.15, 0.2) is 0 Å². The number of aromatic nitrogens is 2. The zero-order valence-corrected chi connectivity index (χ0v) is 16.1. The van der Waals surface area contributed by atoms with Gasteiger partial charge in [0.1, 0.15) is 0 Å². The molecule has 3 heterocycles.